The molecule has 3 heteroatoms. The summed E-state index contributed by atoms with van der Waals surface area (Å²) in [7, 11) is 1.49. The Morgan fingerprint density at radius 3 is 2.42 bits per heavy atom. The molecule has 112 valence electrons. The van der Waals surface area contributed by atoms with E-state index in [1.165, 1.54) is 45.6 Å². The average Bonchev–Trinajstić information content (AvgIpc) is 2.71. The second-order valence-corrected chi connectivity index (χ2v) is 5.92. The van der Waals surface area contributed by atoms with E-state index in [1.54, 1.807) is 0 Å². The van der Waals surface area contributed by atoms with E-state index in [1.807, 2.05) is 0 Å². The second-order valence-electron chi connectivity index (χ2n) is 5.92. The first-order chi connectivity index (χ1) is 9.19. The molecule has 1 aliphatic rings. The third kappa shape index (κ3) is 5.94. The van der Waals surface area contributed by atoms with Gasteiger partial charge in [0.2, 0.25) is 0 Å². The summed E-state index contributed by atoms with van der Waals surface area (Å²) < 4.78 is 4.92. The van der Waals surface area contributed by atoms with Gasteiger partial charge in [-0.3, -0.25) is 4.79 Å². The molecule has 1 unspecified atom stereocenters. The van der Waals surface area contributed by atoms with Crippen molar-refractivity contribution in [3.63, 3.8) is 0 Å². The van der Waals surface area contributed by atoms with Crippen molar-refractivity contribution in [3.8, 4) is 0 Å². The maximum atomic E-state index is 11.8. The molecule has 0 aliphatic heterocycles. The monoisotopic (exact) mass is 269 g/mol. The molecule has 19 heavy (non-hydrogen) atoms. The van der Waals surface area contributed by atoms with Crippen molar-refractivity contribution in [2.24, 2.45) is 5.92 Å². The lowest BCUT2D eigenvalue weighted by Gasteiger charge is -2.27. The lowest BCUT2D eigenvalue weighted by atomic mass is 9.92. The molecule has 0 aromatic rings. The van der Waals surface area contributed by atoms with Crippen LogP contribution in [0.3, 0.4) is 0 Å². The SMILES string of the molecule is CCCCC(N[C@H](C)C1CCCCCC1)C(=O)OC. The quantitative estimate of drug-likeness (QED) is 0.566. The predicted octanol–water partition coefficient (Wildman–Crippen LogP) is 3.67. The number of hydrogen-bond acceptors (Lipinski definition) is 3. The van der Waals surface area contributed by atoms with Crippen LogP contribution in [0.15, 0.2) is 0 Å². The van der Waals surface area contributed by atoms with Crippen LogP contribution < -0.4 is 5.32 Å². The number of hydrogen-bond donors (Lipinski definition) is 1. The molecule has 1 saturated carbocycles. The van der Waals surface area contributed by atoms with Gasteiger partial charge in [0.25, 0.3) is 0 Å². The zero-order valence-electron chi connectivity index (χ0n) is 12.9. The molecule has 0 saturated heterocycles. The minimum absolute atomic E-state index is 0.103. The van der Waals surface area contributed by atoms with Crippen molar-refractivity contribution < 1.29 is 9.53 Å². The highest BCUT2D eigenvalue weighted by molar-refractivity contribution is 5.75. The van der Waals surface area contributed by atoms with Crippen molar-refractivity contribution >= 4 is 5.97 Å². The summed E-state index contributed by atoms with van der Waals surface area (Å²) in [5, 5.41) is 3.53. The van der Waals surface area contributed by atoms with Crippen molar-refractivity contribution in [1.29, 1.82) is 0 Å². The first-order valence-corrected chi connectivity index (χ1v) is 8.03. The number of rotatable bonds is 7. The van der Waals surface area contributed by atoms with Gasteiger partial charge in [0.1, 0.15) is 6.04 Å². The third-order valence-corrected chi connectivity index (χ3v) is 4.40. The van der Waals surface area contributed by atoms with Gasteiger partial charge in [0.05, 0.1) is 7.11 Å². The molecule has 1 fully saturated rings. The minimum atomic E-state index is -0.122. The largest absolute Gasteiger partial charge is 0.468 e. The molecule has 0 spiro atoms. The van der Waals surface area contributed by atoms with Crippen LogP contribution in [-0.4, -0.2) is 25.2 Å². The standard InChI is InChI=1S/C16H31NO2/c1-4-5-12-15(16(18)19-3)17-13(2)14-10-8-6-7-9-11-14/h13-15,17H,4-12H2,1-3H3/t13-,15?/m1/s1. The zero-order chi connectivity index (χ0) is 14.1. The van der Waals surface area contributed by atoms with Gasteiger partial charge in [-0.25, -0.2) is 0 Å². The van der Waals surface area contributed by atoms with E-state index in [0.717, 1.165) is 25.2 Å². The van der Waals surface area contributed by atoms with Crippen LogP contribution >= 0.6 is 0 Å². The number of methoxy groups -OCH3 is 1. The molecule has 0 amide bonds. The fourth-order valence-corrected chi connectivity index (χ4v) is 3.08. The number of nitrogens with one attached hydrogen (secondary N) is 1. The highest BCUT2D eigenvalue weighted by Crippen LogP contribution is 2.25. The number of ether oxygens (including phenoxy) is 1. The van der Waals surface area contributed by atoms with Gasteiger partial charge < -0.3 is 10.1 Å². The van der Waals surface area contributed by atoms with Crippen molar-refractivity contribution in [3.05, 3.63) is 0 Å². The Morgan fingerprint density at radius 2 is 1.89 bits per heavy atom. The molecule has 0 bridgehead atoms. The molecule has 1 aliphatic carbocycles. The number of unbranched alkanes of at least 4 members (excludes halogenated alkanes) is 1. The van der Waals surface area contributed by atoms with E-state index >= 15 is 0 Å². The Labute approximate surface area is 118 Å². The summed E-state index contributed by atoms with van der Waals surface area (Å²) in [5.74, 6) is 0.616. The van der Waals surface area contributed by atoms with Gasteiger partial charge in [-0.15, -0.1) is 0 Å². The normalized spacial score (nSPS) is 20.6. The smallest absolute Gasteiger partial charge is 0.322 e. The Morgan fingerprint density at radius 1 is 1.26 bits per heavy atom. The van der Waals surface area contributed by atoms with Crippen molar-refractivity contribution in [2.45, 2.75) is 83.7 Å². The summed E-state index contributed by atoms with van der Waals surface area (Å²) in [6.07, 6.45) is 11.1. The van der Waals surface area contributed by atoms with Crippen LogP contribution in [0.1, 0.15) is 71.6 Å². The maximum Gasteiger partial charge on any atom is 0.322 e. The van der Waals surface area contributed by atoms with Gasteiger partial charge in [-0.2, -0.15) is 0 Å². The number of esters is 1. The number of carbonyl (C=O) groups is 1. The molecule has 2 atom stereocenters. The van der Waals surface area contributed by atoms with E-state index < -0.39 is 0 Å². The molecular weight excluding hydrogens is 238 g/mol. The molecule has 0 aromatic carbocycles. The Bertz CT molecular complexity index is 247. The summed E-state index contributed by atoms with van der Waals surface area (Å²) in [6.45, 7) is 4.39. The molecule has 0 radical (unpaired) electrons. The van der Waals surface area contributed by atoms with E-state index in [-0.39, 0.29) is 12.0 Å². The summed E-state index contributed by atoms with van der Waals surface area (Å²) in [6, 6.07) is 0.294. The predicted molar refractivity (Wildman–Crippen MR) is 79.1 cm³/mol. The first-order valence-electron chi connectivity index (χ1n) is 8.03. The van der Waals surface area contributed by atoms with Crippen LogP contribution in [-0.2, 0) is 9.53 Å². The van der Waals surface area contributed by atoms with E-state index in [4.69, 9.17) is 4.74 Å². The van der Waals surface area contributed by atoms with E-state index in [0.29, 0.717) is 6.04 Å². The highest BCUT2D eigenvalue weighted by Gasteiger charge is 2.25. The zero-order valence-corrected chi connectivity index (χ0v) is 12.9. The van der Waals surface area contributed by atoms with Crippen molar-refractivity contribution in [1.82, 2.24) is 5.32 Å². The average molecular weight is 269 g/mol. The lowest BCUT2D eigenvalue weighted by molar-refractivity contribution is -0.143. The molecule has 0 heterocycles. The molecule has 1 rings (SSSR count). The number of carbonyl (C=O) groups excluding carboxylic acids is 1. The summed E-state index contributed by atoms with van der Waals surface area (Å²) in [4.78, 5) is 11.8. The Balaban J connectivity index is 2.48. The van der Waals surface area contributed by atoms with Crippen molar-refractivity contribution in [2.75, 3.05) is 7.11 Å². The van der Waals surface area contributed by atoms with Crippen LogP contribution in [0.2, 0.25) is 0 Å². The van der Waals surface area contributed by atoms with Gasteiger partial charge in [0, 0.05) is 6.04 Å². The van der Waals surface area contributed by atoms with Crippen LogP contribution in [0.4, 0.5) is 0 Å². The van der Waals surface area contributed by atoms with Gasteiger partial charge in [-0.05, 0) is 32.1 Å². The topological polar surface area (TPSA) is 38.3 Å². The van der Waals surface area contributed by atoms with Gasteiger partial charge in [-0.1, -0.05) is 45.4 Å². The van der Waals surface area contributed by atoms with Gasteiger partial charge in [0.15, 0.2) is 0 Å². The first kappa shape index (κ1) is 16.5. The fourth-order valence-electron chi connectivity index (χ4n) is 3.08. The summed E-state index contributed by atoms with van der Waals surface area (Å²) >= 11 is 0. The highest BCUT2D eigenvalue weighted by atomic mass is 16.5. The third-order valence-electron chi connectivity index (χ3n) is 4.40. The van der Waals surface area contributed by atoms with Gasteiger partial charge >= 0.3 is 5.97 Å². The molecule has 3 nitrogen and oxygen atoms in total. The maximum absolute atomic E-state index is 11.8. The second kappa shape index (κ2) is 9.35. The Kier molecular flexibility index (Phi) is 8.11. The molecule has 1 N–H and O–H groups in total. The van der Waals surface area contributed by atoms with Crippen LogP contribution in [0.25, 0.3) is 0 Å². The van der Waals surface area contributed by atoms with Crippen LogP contribution in [0.5, 0.6) is 0 Å². The van der Waals surface area contributed by atoms with E-state index in [9.17, 15) is 4.79 Å². The molecule has 0 aromatic heterocycles. The molecular formula is C16H31NO2. The minimum Gasteiger partial charge on any atom is -0.468 e. The van der Waals surface area contributed by atoms with E-state index in [2.05, 4.69) is 19.2 Å². The fraction of sp³-hybridized carbons (Fsp3) is 0.938. The Hall–Kier alpha value is -0.570. The lowest BCUT2D eigenvalue weighted by Crippen LogP contribution is -2.45. The van der Waals surface area contributed by atoms with Crippen LogP contribution in [0, 0.1) is 5.92 Å². The summed E-state index contributed by atoms with van der Waals surface area (Å²) in [5.41, 5.74) is 0.